The molecule has 164 valence electrons. The number of nitrogens with zero attached hydrogens (tertiary/aromatic N) is 1. The molecule has 4 atom stereocenters. The number of phenols is 1. The highest BCUT2D eigenvalue weighted by Gasteiger charge is 2.51. The molecule has 2 fully saturated rings. The number of fused-ring (bicyclic) bond motifs is 4. The van der Waals surface area contributed by atoms with Crippen LogP contribution < -0.4 is 4.74 Å². The van der Waals surface area contributed by atoms with Crippen LogP contribution in [0.5, 0.6) is 11.5 Å². The van der Waals surface area contributed by atoms with Crippen LogP contribution >= 0.6 is 0 Å². The normalized spacial score (nSPS) is 29.2. The number of aromatic hydroxyl groups is 1. The van der Waals surface area contributed by atoms with Crippen molar-refractivity contribution >= 4 is 5.97 Å². The zero-order valence-electron chi connectivity index (χ0n) is 18.0. The van der Waals surface area contributed by atoms with E-state index in [9.17, 15) is 15.0 Å². The van der Waals surface area contributed by atoms with E-state index in [1.54, 1.807) is 18.2 Å². The first kappa shape index (κ1) is 20.3. The Labute approximate surface area is 182 Å². The van der Waals surface area contributed by atoms with Crippen molar-refractivity contribution in [1.82, 2.24) is 4.90 Å². The van der Waals surface area contributed by atoms with Gasteiger partial charge in [-0.2, -0.15) is 0 Å². The third kappa shape index (κ3) is 3.68. The van der Waals surface area contributed by atoms with Gasteiger partial charge in [0.2, 0.25) is 0 Å². The summed E-state index contributed by atoms with van der Waals surface area (Å²) in [5, 5.41) is 19.6. The molecule has 0 saturated carbocycles. The summed E-state index contributed by atoms with van der Waals surface area (Å²) in [5.74, 6) is 0.451. The van der Waals surface area contributed by atoms with Crippen LogP contribution in [0.3, 0.4) is 0 Å². The average Bonchev–Trinajstić information content (AvgIpc) is 2.74. The largest absolute Gasteiger partial charge is 0.504 e. The van der Waals surface area contributed by atoms with Crippen molar-refractivity contribution in [1.29, 1.82) is 0 Å². The van der Waals surface area contributed by atoms with Crippen LogP contribution in [0.15, 0.2) is 42.5 Å². The van der Waals surface area contributed by atoms with Crippen molar-refractivity contribution in [2.24, 2.45) is 11.8 Å². The molecule has 0 radical (unpaired) electrons. The summed E-state index contributed by atoms with van der Waals surface area (Å²) in [7, 11) is 0. The van der Waals surface area contributed by atoms with Crippen LogP contribution in [0.1, 0.15) is 54.3 Å². The predicted molar refractivity (Wildman–Crippen MR) is 115 cm³/mol. The second-order valence-corrected chi connectivity index (χ2v) is 9.63. The first-order valence-electron chi connectivity index (χ1n) is 11.0. The SMILES string of the molecule is CC1(C)Oc2c(O)cccc2[C@@H]2O[C@@H]3CCN(Cc4cccc(C(=O)O)c4)C[C@H]3C[C@H]21. The molecule has 3 heterocycles. The number of para-hydroxylation sites is 1. The quantitative estimate of drug-likeness (QED) is 0.769. The highest BCUT2D eigenvalue weighted by molar-refractivity contribution is 5.87. The smallest absolute Gasteiger partial charge is 0.335 e. The summed E-state index contributed by atoms with van der Waals surface area (Å²) in [5.41, 5.74) is 1.88. The summed E-state index contributed by atoms with van der Waals surface area (Å²) >= 11 is 0. The van der Waals surface area contributed by atoms with Crippen molar-refractivity contribution in [3.05, 3.63) is 59.2 Å². The van der Waals surface area contributed by atoms with Crippen LogP contribution in [-0.2, 0) is 11.3 Å². The van der Waals surface area contributed by atoms with Gasteiger partial charge in [-0.25, -0.2) is 4.79 Å². The topological polar surface area (TPSA) is 79.2 Å². The Hall–Kier alpha value is -2.57. The second-order valence-electron chi connectivity index (χ2n) is 9.63. The minimum atomic E-state index is -0.891. The van der Waals surface area contributed by atoms with Crippen molar-refractivity contribution in [3.8, 4) is 11.5 Å². The zero-order valence-corrected chi connectivity index (χ0v) is 18.0. The molecule has 0 unspecified atom stereocenters. The number of likely N-dealkylation sites (tertiary alicyclic amines) is 1. The fraction of sp³-hybridized carbons (Fsp3) is 0.480. The van der Waals surface area contributed by atoms with Gasteiger partial charge < -0.3 is 19.7 Å². The van der Waals surface area contributed by atoms with Gasteiger partial charge in [0.25, 0.3) is 0 Å². The molecule has 2 N–H and O–H groups in total. The molecule has 5 rings (SSSR count). The number of carboxylic acid groups (broad SMARTS) is 1. The van der Waals surface area contributed by atoms with Crippen LogP contribution in [0, 0.1) is 11.8 Å². The summed E-state index contributed by atoms with van der Waals surface area (Å²) in [4.78, 5) is 13.7. The number of aromatic carboxylic acids is 1. The first-order valence-corrected chi connectivity index (χ1v) is 11.0. The lowest BCUT2D eigenvalue weighted by Gasteiger charge is -2.53. The van der Waals surface area contributed by atoms with Crippen LogP contribution in [0.25, 0.3) is 0 Å². The van der Waals surface area contributed by atoms with E-state index in [0.717, 1.165) is 43.6 Å². The van der Waals surface area contributed by atoms with Gasteiger partial charge in [-0.15, -0.1) is 0 Å². The van der Waals surface area contributed by atoms with Crippen molar-refractivity contribution in [2.45, 2.75) is 51.0 Å². The minimum Gasteiger partial charge on any atom is -0.504 e. The van der Waals surface area contributed by atoms with Gasteiger partial charge >= 0.3 is 5.97 Å². The Bertz CT molecular complexity index is 1000. The number of hydrogen-bond acceptors (Lipinski definition) is 5. The van der Waals surface area contributed by atoms with Gasteiger partial charge in [-0.1, -0.05) is 24.3 Å². The number of piperidine rings is 1. The van der Waals surface area contributed by atoms with Crippen LogP contribution in [0.4, 0.5) is 0 Å². The maximum absolute atomic E-state index is 11.3. The Morgan fingerprint density at radius 3 is 2.84 bits per heavy atom. The molecule has 2 aromatic carbocycles. The van der Waals surface area contributed by atoms with E-state index >= 15 is 0 Å². The van der Waals surface area contributed by atoms with Crippen molar-refractivity contribution in [3.63, 3.8) is 0 Å². The second kappa shape index (κ2) is 7.53. The number of rotatable bonds is 3. The summed E-state index contributed by atoms with van der Waals surface area (Å²) in [6, 6.07) is 12.7. The zero-order chi connectivity index (χ0) is 21.8. The lowest BCUT2D eigenvalue weighted by Crippen LogP contribution is -2.55. The van der Waals surface area contributed by atoms with Crippen molar-refractivity contribution in [2.75, 3.05) is 13.1 Å². The number of carbonyl (C=O) groups is 1. The molecular formula is C25H29NO5. The van der Waals surface area contributed by atoms with E-state index in [2.05, 4.69) is 18.7 Å². The Balaban J connectivity index is 1.33. The average molecular weight is 424 g/mol. The molecule has 0 aliphatic carbocycles. The minimum absolute atomic E-state index is 0.0640. The third-order valence-corrected chi connectivity index (χ3v) is 7.16. The Morgan fingerprint density at radius 2 is 2.03 bits per heavy atom. The summed E-state index contributed by atoms with van der Waals surface area (Å²) in [6.45, 7) is 6.76. The molecule has 0 amide bonds. The lowest BCUT2D eigenvalue weighted by atomic mass is 9.70. The molecule has 3 aliphatic rings. The molecule has 2 aromatic rings. The summed E-state index contributed by atoms with van der Waals surface area (Å²) < 4.78 is 12.9. The van der Waals surface area contributed by atoms with E-state index in [1.165, 1.54) is 0 Å². The predicted octanol–water partition coefficient (Wildman–Crippen LogP) is 4.23. The van der Waals surface area contributed by atoms with Gasteiger partial charge in [0, 0.05) is 31.1 Å². The molecule has 0 spiro atoms. The molecule has 0 aromatic heterocycles. The molecule has 3 aliphatic heterocycles. The van der Waals surface area contributed by atoms with Crippen LogP contribution in [-0.4, -0.2) is 45.9 Å². The number of benzene rings is 2. The number of carboxylic acids is 1. The molecule has 6 nitrogen and oxygen atoms in total. The Kier molecular flexibility index (Phi) is 4.94. The highest BCUT2D eigenvalue weighted by atomic mass is 16.5. The molecule has 0 bridgehead atoms. The monoisotopic (exact) mass is 423 g/mol. The van der Waals surface area contributed by atoms with Crippen molar-refractivity contribution < 1.29 is 24.5 Å². The number of ether oxygens (including phenoxy) is 2. The van der Waals surface area contributed by atoms with Gasteiger partial charge in [0.15, 0.2) is 11.5 Å². The van der Waals surface area contributed by atoms with E-state index in [0.29, 0.717) is 17.2 Å². The summed E-state index contributed by atoms with van der Waals surface area (Å²) in [6.07, 6.45) is 2.07. The van der Waals surface area contributed by atoms with E-state index < -0.39 is 11.6 Å². The first-order chi connectivity index (χ1) is 14.8. The Morgan fingerprint density at radius 1 is 1.23 bits per heavy atom. The molecular weight excluding hydrogens is 394 g/mol. The van der Waals surface area contributed by atoms with E-state index in [-0.39, 0.29) is 23.9 Å². The third-order valence-electron chi connectivity index (χ3n) is 7.16. The lowest BCUT2D eigenvalue weighted by molar-refractivity contribution is -0.188. The van der Waals surface area contributed by atoms with Gasteiger partial charge in [-0.05, 0) is 56.4 Å². The van der Waals surface area contributed by atoms with Gasteiger partial charge in [0.1, 0.15) is 5.60 Å². The maximum Gasteiger partial charge on any atom is 0.335 e. The standard InChI is InChI=1S/C25H29NO5/c1-25(2)19-12-17-14-26(13-15-5-3-6-16(11-15)24(28)29)10-9-21(17)30-22(19)18-7-4-8-20(27)23(18)31-25/h3-8,11,17,19,21-22,27H,9-10,12-14H2,1-2H3,(H,28,29)/t17-,19-,21-,22+/m1/s1. The number of hydrogen-bond donors (Lipinski definition) is 2. The molecule has 31 heavy (non-hydrogen) atoms. The van der Waals surface area contributed by atoms with Crippen LogP contribution in [0.2, 0.25) is 0 Å². The number of phenolic OH excluding ortho intramolecular Hbond substituents is 1. The van der Waals surface area contributed by atoms with Gasteiger partial charge in [0.05, 0.1) is 17.8 Å². The fourth-order valence-electron chi connectivity index (χ4n) is 5.58. The maximum atomic E-state index is 11.3. The highest BCUT2D eigenvalue weighted by Crippen LogP contribution is 2.54. The van der Waals surface area contributed by atoms with E-state index in [4.69, 9.17) is 9.47 Å². The fourth-order valence-corrected chi connectivity index (χ4v) is 5.58. The molecule has 6 heteroatoms. The van der Waals surface area contributed by atoms with Gasteiger partial charge in [-0.3, -0.25) is 4.90 Å². The molecule has 2 saturated heterocycles. The van der Waals surface area contributed by atoms with E-state index in [1.807, 2.05) is 24.3 Å².